The number of carbonyl (C=O) groups excluding carboxylic acids is 1. The van der Waals surface area contributed by atoms with E-state index < -0.39 is 18.1 Å². The second kappa shape index (κ2) is 6.37. The lowest BCUT2D eigenvalue weighted by Crippen LogP contribution is -2.49. The van der Waals surface area contributed by atoms with Crippen molar-refractivity contribution in [2.45, 2.75) is 38.5 Å². The first-order chi connectivity index (χ1) is 8.00. The van der Waals surface area contributed by atoms with E-state index in [1.165, 1.54) is 0 Å². The molecule has 17 heavy (non-hydrogen) atoms. The fourth-order valence-electron chi connectivity index (χ4n) is 1.56. The third-order valence-electron chi connectivity index (χ3n) is 2.42. The van der Waals surface area contributed by atoms with E-state index in [2.05, 4.69) is 5.32 Å². The van der Waals surface area contributed by atoms with E-state index in [1.807, 2.05) is 44.2 Å². The highest BCUT2D eigenvalue weighted by Gasteiger charge is 2.23. The van der Waals surface area contributed by atoms with E-state index in [1.54, 1.807) is 0 Å². The van der Waals surface area contributed by atoms with Gasteiger partial charge in [0.15, 0.2) is 0 Å². The second-order valence-electron chi connectivity index (χ2n) is 4.46. The molecular formula is C13H20N2O2. The zero-order chi connectivity index (χ0) is 12.8. The molecule has 0 aliphatic heterocycles. The average molecular weight is 236 g/mol. The number of aliphatic hydroxyl groups is 1. The molecule has 0 aliphatic carbocycles. The van der Waals surface area contributed by atoms with Gasteiger partial charge in [0, 0.05) is 12.1 Å². The van der Waals surface area contributed by atoms with Crippen LogP contribution in [0, 0.1) is 0 Å². The number of amides is 1. The van der Waals surface area contributed by atoms with Gasteiger partial charge in [0.2, 0.25) is 0 Å². The molecule has 0 saturated heterocycles. The Bertz CT molecular complexity index is 352. The molecule has 2 unspecified atom stereocenters. The molecule has 0 saturated carbocycles. The smallest absolute Gasteiger partial charge is 0.250 e. The molecule has 94 valence electrons. The van der Waals surface area contributed by atoms with Crippen molar-refractivity contribution in [2.75, 3.05) is 0 Å². The summed E-state index contributed by atoms with van der Waals surface area (Å²) in [6.45, 7) is 3.68. The van der Waals surface area contributed by atoms with Crippen LogP contribution in [-0.2, 0) is 11.2 Å². The van der Waals surface area contributed by atoms with Crippen LogP contribution < -0.4 is 11.1 Å². The van der Waals surface area contributed by atoms with E-state index in [0.717, 1.165) is 5.56 Å². The monoisotopic (exact) mass is 236 g/mol. The van der Waals surface area contributed by atoms with Crippen molar-refractivity contribution in [2.24, 2.45) is 5.73 Å². The molecule has 4 heteroatoms. The van der Waals surface area contributed by atoms with Crippen LogP contribution in [0.3, 0.4) is 0 Å². The van der Waals surface area contributed by atoms with Crippen LogP contribution in [0.15, 0.2) is 30.3 Å². The minimum absolute atomic E-state index is 0.000996. The third kappa shape index (κ3) is 4.54. The standard InChI is InChI=1S/C13H20N2O2/c1-9(2)15-13(17)12(16)11(14)8-10-6-4-3-5-7-10/h3-7,9,11-12,16H,8,14H2,1-2H3,(H,15,17). The zero-order valence-electron chi connectivity index (χ0n) is 10.3. The molecule has 1 rings (SSSR count). The highest BCUT2D eigenvalue weighted by atomic mass is 16.3. The van der Waals surface area contributed by atoms with E-state index >= 15 is 0 Å². The number of hydrogen-bond acceptors (Lipinski definition) is 3. The summed E-state index contributed by atoms with van der Waals surface area (Å²) in [6, 6.07) is 8.99. The maximum absolute atomic E-state index is 11.5. The topological polar surface area (TPSA) is 75.3 Å². The van der Waals surface area contributed by atoms with Crippen LogP contribution >= 0.6 is 0 Å². The zero-order valence-corrected chi connectivity index (χ0v) is 10.3. The van der Waals surface area contributed by atoms with Gasteiger partial charge in [-0.3, -0.25) is 4.79 Å². The molecule has 0 fully saturated rings. The summed E-state index contributed by atoms with van der Waals surface area (Å²) in [5.74, 6) is -0.413. The summed E-state index contributed by atoms with van der Waals surface area (Å²) in [5, 5.41) is 12.4. The fourth-order valence-corrected chi connectivity index (χ4v) is 1.56. The van der Waals surface area contributed by atoms with Gasteiger partial charge in [0.25, 0.3) is 5.91 Å². The van der Waals surface area contributed by atoms with Gasteiger partial charge >= 0.3 is 0 Å². The highest BCUT2D eigenvalue weighted by Crippen LogP contribution is 2.04. The number of nitrogens with two attached hydrogens (primary N) is 1. The summed E-state index contributed by atoms with van der Waals surface area (Å²) in [4.78, 5) is 11.5. The van der Waals surface area contributed by atoms with Crippen molar-refractivity contribution in [1.29, 1.82) is 0 Å². The average Bonchev–Trinajstić information content (AvgIpc) is 2.28. The van der Waals surface area contributed by atoms with Gasteiger partial charge in [0.05, 0.1) is 0 Å². The predicted octanol–water partition coefficient (Wildman–Crippen LogP) is 0.442. The van der Waals surface area contributed by atoms with Gasteiger partial charge in [0.1, 0.15) is 6.10 Å². The molecule has 0 aromatic heterocycles. The fraction of sp³-hybridized carbons (Fsp3) is 0.462. The van der Waals surface area contributed by atoms with Gasteiger partial charge < -0.3 is 16.2 Å². The summed E-state index contributed by atoms with van der Waals surface area (Å²) in [5.41, 5.74) is 6.83. The van der Waals surface area contributed by atoms with E-state index in [0.29, 0.717) is 6.42 Å². The van der Waals surface area contributed by atoms with Crippen molar-refractivity contribution in [3.8, 4) is 0 Å². The number of nitrogens with one attached hydrogen (secondary N) is 1. The van der Waals surface area contributed by atoms with Gasteiger partial charge in [-0.05, 0) is 25.8 Å². The quantitative estimate of drug-likeness (QED) is 0.694. The van der Waals surface area contributed by atoms with E-state index in [-0.39, 0.29) is 6.04 Å². The van der Waals surface area contributed by atoms with Crippen LogP contribution in [0.5, 0.6) is 0 Å². The minimum Gasteiger partial charge on any atom is -0.382 e. The Balaban J connectivity index is 2.52. The first-order valence-corrected chi connectivity index (χ1v) is 5.78. The number of hydrogen-bond donors (Lipinski definition) is 3. The first-order valence-electron chi connectivity index (χ1n) is 5.78. The highest BCUT2D eigenvalue weighted by molar-refractivity contribution is 5.81. The Morgan fingerprint density at radius 1 is 1.35 bits per heavy atom. The van der Waals surface area contributed by atoms with Crippen LogP contribution in [0.4, 0.5) is 0 Å². The van der Waals surface area contributed by atoms with Crippen LogP contribution in [-0.4, -0.2) is 29.2 Å². The molecular weight excluding hydrogens is 216 g/mol. The van der Waals surface area contributed by atoms with Gasteiger partial charge in [-0.2, -0.15) is 0 Å². The third-order valence-corrected chi connectivity index (χ3v) is 2.42. The normalized spacial score (nSPS) is 14.4. The summed E-state index contributed by atoms with van der Waals surface area (Å²) < 4.78 is 0. The summed E-state index contributed by atoms with van der Waals surface area (Å²) in [6.07, 6.45) is -0.689. The van der Waals surface area contributed by atoms with E-state index in [9.17, 15) is 9.90 Å². The molecule has 0 spiro atoms. The minimum atomic E-state index is -1.17. The lowest BCUT2D eigenvalue weighted by atomic mass is 10.0. The molecule has 0 radical (unpaired) electrons. The maximum Gasteiger partial charge on any atom is 0.250 e. The van der Waals surface area contributed by atoms with Crippen molar-refractivity contribution in [3.63, 3.8) is 0 Å². The molecule has 0 bridgehead atoms. The van der Waals surface area contributed by atoms with Gasteiger partial charge in [-0.15, -0.1) is 0 Å². The number of carbonyl (C=O) groups is 1. The lowest BCUT2D eigenvalue weighted by molar-refractivity contribution is -0.130. The van der Waals surface area contributed by atoms with Crippen molar-refractivity contribution >= 4 is 5.91 Å². The molecule has 1 amide bonds. The number of aliphatic hydroxyl groups excluding tert-OH is 1. The molecule has 1 aromatic rings. The van der Waals surface area contributed by atoms with Gasteiger partial charge in [-0.1, -0.05) is 30.3 Å². The predicted molar refractivity (Wildman–Crippen MR) is 67.4 cm³/mol. The molecule has 4 nitrogen and oxygen atoms in total. The van der Waals surface area contributed by atoms with Crippen molar-refractivity contribution in [3.05, 3.63) is 35.9 Å². The Morgan fingerprint density at radius 3 is 2.47 bits per heavy atom. The molecule has 1 aromatic carbocycles. The number of rotatable bonds is 5. The second-order valence-corrected chi connectivity index (χ2v) is 4.46. The van der Waals surface area contributed by atoms with E-state index in [4.69, 9.17) is 5.73 Å². The largest absolute Gasteiger partial charge is 0.382 e. The first kappa shape index (κ1) is 13.7. The Labute approximate surface area is 102 Å². The Kier molecular flexibility index (Phi) is 5.12. The van der Waals surface area contributed by atoms with Crippen LogP contribution in [0.2, 0.25) is 0 Å². The van der Waals surface area contributed by atoms with Crippen LogP contribution in [0.1, 0.15) is 19.4 Å². The maximum atomic E-state index is 11.5. The molecule has 4 N–H and O–H groups in total. The molecule has 0 aliphatic rings. The number of benzene rings is 1. The van der Waals surface area contributed by atoms with Crippen LogP contribution in [0.25, 0.3) is 0 Å². The summed E-state index contributed by atoms with van der Waals surface area (Å²) in [7, 11) is 0. The Morgan fingerprint density at radius 2 is 1.94 bits per heavy atom. The lowest BCUT2D eigenvalue weighted by Gasteiger charge is -2.19. The summed E-state index contributed by atoms with van der Waals surface area (Å²) >= 11 is 0. The molecule has 0 heterocycles. The Hall–Kier alpha value is -1.39. The molecule has 2 atom stereocenters. The van der Waals surface area contributed by atoms with Crippen molar-refractivity contribution in [1.82, 2.24) is 5.32 Å². The van der Waals surface area contributed by atoms with Gasteiger partial charge in [-0.25, -0.2) is 0 Å². The SMILES string of the molecule is CC(C)NC(=O)C(O)C(N)Cc1ccccc1. The van der Waals surface area contributed by atoms with Crippen molar-refractivity contribution < 1.29 is 9.90 Å².